The molecule has 3 nitrogen and oxygen atoms in total. The highest BCUT2D eigenvalue weighted by Crippen LogP contribution is 2.34. The molecule has 6 heteroatoms. The lowest BCUT2D eigenvalue weighted by molar-refractivity contribution is 0.689. The highest BCUT2D eigenvalue weighted by molar-refractivity contribution is 7.19. The quantitative estimate of drug-likeness (QED) is 0.773. The first kappa shape index (κ1) is 12.9. The van der Waals surface area contributed by atoms with Gasteiger partial charge in [-0.15, -0.1) is 11.3 Å². The average Bonchev–Trinajstić information content (AvgIpc) is 2.96. The first-order valence-electron chi connectivity index (χ1n) is 5.77. The number of benzene rings is 1. The van der Waals surface area contributed by atoms with E-state index >= 15 is 0 Å². The summed E-state index contributed by atoms with van der Waals surface area (Å²) in [6.45, 7) is 1.35. The van der Waals surface area contributed by atoms with Crippen molar-refractivity contribution in [1.29, 1.82) is 0 Å². The summed E-state index contributed by atoms with van der Waals surface area (Å²) in [5.74, 6) is 0. The molecule has 98 valence electrons. The van der Waals surface area contributed by atoms with Gasteiger partial charge in [0, 0.05) is 39.1 Å². The number of hydrogen-bond donors (Lipinski definition) is 2. The first-order chi connectivity index (χ1) is 9.24. The van der Waals surface area contributed by atoms with Crippen LogP contribution in [-0.2, 0) is 13.1 Å². The fourth-order valence-electron chi connectivity index (χ4n) is 1.89. The minimum atomic E-state index is -0.0169. The van der Waals surface area contributed by atoms with Crippen LogP contribution in [0.3, 0.4) is 0 Å². The third-order valence-corrected chi connectivity index (χ3v) is 5.21. The molecule has 0 atom stereocenters. The molecule has 0 saturated heterocycles. The molecule has 0 bridgehead atoms. The molecule has 3 aromatic rings. The summed E-state index contributed by atoms with van der Waals surface area (Å²) in [6.07, 6.45) is 0. The highest BCUT2D eigenvalue weighted by atomic mass is 35.5. The number of aromatic nitrogens is 1. The molecular weight excluding hydrogens is 300 g/mol. The summed E-state index contributed by atoms with van der Waals surface area (Å²) in [7, 11) is 0. The Morgan fingerprint density at radius 3 is 2.84 bits per heavy atom. The van der Waals surface area contributed by atoms with Gasteiger partial charge in [0.2, 0.25) is 0 Å². The lowest BCUT2D eigenvalue weighted by atomic mass is 10.2. The third kappa shape index (κ3) is 2.74. The summed E-state index contributed by atoms with van der Waals surface area (Å²) in [5, 5.41) is 7.06. The number of halogens is 1. The van der Waals surface area contributed by atoms with Gasteiger partial charge in [-0.25, -0.2) is 0 Å². The molecule has 2 aromatic heterocycles. The standard InChI is InChI=1S/C13H11ClN2OS2/c14-12-9-3-1-2-4-10(9)19-11(12)6-15-5-8-7-18-13(17)16-8/h1-4,7,15H,5-6H2,(H,16,17). The second-order valence-electron chi connectivity index (χ2n) is 4.11. The predicted octanol–water partition coefficient (Wildman–Crippen LogP) is 3.59. The van der Waals surface area contributed by atoms with Crippen LogP contribution in [-0.4, -0.2) is 4.98 Å². The molecule has 0 unspecified atom stereocenters. The Hall–Kier alpha value is -1.14. The Bertz CT molecular complexity index is 759. The van der Waals surface area contributed by atoms with E-state index in [9.17, 15) is 4.79 Å². The van der Waals surface area contributed by atoms with Crippen molar-refractivity contribution in [1.82, 2.24) is 10.3 Å². The Balaban J connectivity index is 1.71. The molecule has 0 aliphatic heterocycles. The Morgan fingerprint density at radius 1 is 1.26 bits per heavy atom. The lowest BCUT2D eigenvalue weighted by Crippen LogP contribution is -2.13. The zero-order chi connectivity index (χ0) is 13.2. The fourth-order valence-corrected chi connectivity index (χ4v) is 3.94. The van der Waals surface area contributed by atoms with Gasteiger partial charge in [0.25, 0.3) is 0 Å². The Morgan fingerprint density at radius 2 is 2.11 bits per heavy atom. The van der Waals surface area contributed by atoms with Crippen LogP contribution >= 0.6 is 34.3 Å². The number of aromatic amines is 1. The minimum absolute atomic E-state index is 0.0169. The van der Waals surface area contributed by atoms with Crippen LogP contribution in [0.25, 0.3) is 10.1 Å². The van der Waals surface area contributed by atoms with E-state index in [1.54, 1.807) is 11.3 Å². The summed E-state index contributed by atoms with van der Waals surface area (Å²) < 4.78 is 1.20. The van der Waals surface area contributed by atoms with Crippen molar-refractivity contribution in [3.63, 3.8) is 0 Å². The van der Waals surface area contributed by atoms with E-state index in [1.165, 1.54) is 16.0 Å². The monoisotopic (exact) mass is 310 g/mol. The van der Waals surface area contributed by atoms with E-state index in [0.717, 1.165) is 21.0 Å². The first-order valence-corrected chi connectivity index (χ1v) is 7.85. The molecule has 0 spiro atoms. The van der Waals surface area contributed by atoms with Gasteiger partial charge in [-0.1, -0.05) is 41.1 Å². The highest BCUT2D eigenvalue weighted by Gasteiger charge is 2.09. The molecular formula is C13H11ClN2OS2. The van der Waals surface area contributed by atoms with Gasteiger partial charge in [0.1, 0.15) is 0 Å². The summed E-state index contributed by atoms with van der Waals surface area (Å²) in [5.41, 5.74) is 0.909. The zero-order valence-corrected chi connectivity index (χ0v) is 12.3. The third-order valence-electron chi connectivity index (χ3n) is 2.77. The molecule has 0 amide bonds. The Labute approximate surface area is 122 Å². The van der Waals surface area contributed by atoms with Crippen molar-refractivity contribution in [3.8, 4) is 0 Å². The normalized spacial score (nSPS) is 11.2. The lowest BCUT2D eigenvalue weighted by Gasteiger charge is -2.01. The van der Waals surface area contributed by atoms with Gasteiger partial charge >= 0.3 is 4.87 Å². The molecule has 0 radical (unpaired) electrons. The van der Waals surface area contributed by atoms with Gasteiger partial charge in [-0.2, -0.15) is 0 Å². The second kappa shape index (κ2) is 5.46. The molecule has 0 aliphatic carbocycles. The van der Waals surface area contributed by atoms with Crippen molar-refractivity contribution >= 4 is 44.4 Å². The number of H-pyrrole nitrogens is 1. The number of fused-ring (bicyclic) bond motifs is 1. The van der Waals surface area contributed by atoms with Crippen LogP contribution in [0.4, 0.5) is 0 Å². The fraction of sp³-hybridized carbons (Fsp3) is 0.154. The molecule has 19 heavy (non-hydrogen) atoms. The van der Waals surface area contributed by atoms with E-state index in [1.807, 2.05) is 23.6 Å². The van der Waals surface area contributed by atoms with Crippen LogP contribution in [0.5, 0.6) is 0 Å². The van der Waals surface area contributed by atoms with E-state index in [0.29, 0.717) is 13.1 Å². The number of thiazole rings is 1. The van der Waals surface area contributed by atoms with Crippen LogP contribution in [0.15, 0.2) is 34.4 Å². The number of rotatable bonds is 4. The van der Waals surface area contributed by atoms with Crippen molar-refractivity contribution in [2.24, 2.45) is 0 Å². The zero-order valence-electron chi connectivity index (χ0n) is 9.90. The predicted molar refractivity (Wildman–Crippen MR) is 82.3 cm³/mol. The molecule has 0 saturated carbocycles. The number of thiophene rings is 1. The van der Waals surface area contributed by atoms with Crippen LogP contribution in [0.1, 0.15) is 10.6 Å². The SMILES string of the molecule is O=c1[nH]c(CNCc2sc3ccccc3c2Cl)cs1. The van der Waals surface area contributed by atoms with Crippen molar-refractivity contribution in [2.45, 2.75) is 13.1 Å². The van der Waals surface area contributed by atoms with E-state index < -0.39 is 0 Å². The molecule has 3 rings (SSSR count). The maximum Gasteiger partial charge on any atom is 0.304 e. The summed E-state index contributed by atoms with van der Waals surface area (Å²) >= 11 is 9.24. The van der Waals surface area contributed by atoms with E-state index in [2.05, 4.69) is 16.4 Å². The smallest absolute Gasteiger partial charge is 0.304 e. The van der Waals surface area contributed by atoms with Crippen molar-refractivity contribution < 1.29 is 0 Å². The number of hydrogen-bond acceptors (Lipinski definition) is 4. The maximum absolute atomic E-state index is 11.0. The van der Waals surface area contributed by atoms with Gasteiger partial charge in [0.05, 0.1) is 5.02 Å². The Kier molecular flexibility index (Phi) is 3.70. The number of nitrogens with one attached hydrogen (secondary N) is 2. The van der Waals surface area contributed by atoms with Gasteiger partial charge in [-0.05, 0) is 6.07 Å². The van der Waals surface area contributed by atoms with Crippen LogP contribution in [0.2, 0.25) is 5.02 Å². The van der Waals surface area contributed by atoms with E-state index in [-0.39, 0.29) is 4.87 Å². The van der Waals surface area contributed by atoms with Gasteiger partial charge < -0.3 is 10.3 Å². The van der Waals surface area contributed by atoms with Gasteiger partial charge in [-0.3, -0.25) is 4.79 Å². The molecule has 2 heterocycles. The van der Waals surface area contributed by atoms with Gasteiger partial charge in [0.15, 0.2) is 0 Å². The maximum atomic E-state index is 11.0. The average molecular weight is 311 g/mol. The van der Waals surface area contributed by atoms with Crippen LogP contribution < -0.4 is 10.2 Å². The topological polar surface area (TPSA) is 44.9 Å². The van der Waals surface area contributed by atoms with Crippen molar-refractivity contribution in [2.75, 3.05) is 0 Å². The van der Waals surface area contributed by atoms with Crippen molar-refractivity contribution in [3.05, 3.63) is 54.9 Å². The molecule has 2 N–H and O–H groups in total. The largest absolute Gasteiger partial charge is 0.315 e. The molecule has 0 fully saturated rings. The second-order valence-corrected chi connectivity index (χ2v) is 6.47. The molecule has 1 aromatic carbocycles. The molecule has 0 aliphatic rings. The van der Waals surface area contributed by atoms with E-state index in [4.69, 9.17) is 11.6 Å². The summed E-state index contributed by atoms with van der Waals surface area (Å²) in [6, 6.07) is 8.12. The minimum Gasteiger partial charge on any atom is -0.315 e. The van der Waals surface area contributed by atoms with Crippen LogP contribution in [0, 0.1) is 0 Å². The summed E-state index contributed by atoms with van der Waals surface area (Å²) in [4.78, 5) is 14.9.